The lowest BCUT2D eigenvalue weighted by atomic mass is 9.85. The predicted octanol–water partition coefficient (Wildman–Crippen LogP) is 3.74. The van der Waals surface area contributed by atoms with Gasteiger partial charge >= 0.3 is 0 Å². The van der Waals surface area contributed by atoms with E-state index in [1.807, 2.05) is 0 Å². The summed E-state index contributed by atoms with van der Waals surface area (Å²) in [6.45, 7) is 1.53. The SMILES string of the molecule is [B]c1c(C(=O)c2c(C(C)O)oc3ccccc23)cc(Br)c(O)c1Br. The van der Waals surface area contributed by atoms with Gasteiger partial charge in [0.25, 0.3) is 0 Å². The molecule has 2 N–H and O–H groups in total. The first-order valence-corrected chi connectivity index (χ1v) is 8.62. The number of hydrogen-bond acceptors (Lipinski definition) is 4. The summed E-state index contributed by atoms with van der Waals surface area (Å²) in [6.07, 6.45) is -0.957. The fourth-order valence-corrected chi connectivity index (χ4v) is 3.66. The molecule has 7 heteroatoms. The molecule has 1 unspecified atom stereocenters. The van der Waals surface area contributed by atoms with Crippen LogP contribution >= 0.6 is 31.9 Å². The van der Waals surface area contributed by atoms with Crippen molar-refractivity contribution in [1.82, 2.24) is 0 Å². The number of aromatic hydroxyl groups is 1. The lowest BCUT2D eigenvalue weighted by molar-refractivity contribution is 0.102. The Balaban J connectivity index is 2.29. The van der Waals surface area contributed by atoms with Gasteiger partial charge in [0.1, 0.15) is 31.0 Å². The van der Waals surface area contributed by atoms with Gasteiger partial charge < -0.3 is 14.6 Å². The number of benzene rings is 2. The number of phenolic OH excluding ortho intramolecular Hbond substituents is 1. The van der Waals surface area contributed by atoms with E-state index in [9.17, 15) is 15.0 Å². The number of carbonyl (C=O) groups is 1. The van der Waals surface area contributed by atoms with Crippen LogP contribution in [-0.4, -0.2) is 23.8 Å². The highest BCUT2D eigenvalue weighted by molar-refractivity contribution is 9.11. The minimum Gasteiger partial charge on any atom is -0.506 e. The molecule has 0 fully saturated rings. The van der Waals surface area contributed by atoms with E-state index in [0.29, 0.717) is 15.4 Å². The number of halogens is 2. The molecule has 0 amide bonds. The molecule has 2 radical (unpaired) electrons. The number of ketones is 1. The third kappa shape index (κ3) is 2.70. The van der Waals surface area contributed by atoms with Crippen LogP contribution in [0.2, 0.25) is 0 Å². The second-order valence-corrected chi connectivity index (χ2v) is 6.97. The molecule has 1 aromatic heterocycles. The van der Waals surface area contributed by atoms with Gasteiger partial charge in [-0.3, -0.25) is 4.79 Å². The first-order valence-electron chi connectivity index (χ1n) is 7.03. The van der Waals surface area contributed by atoms with E-state index < -0.39 is 11.9 Å². The zero-order valence-electron chi connectivity index (χ0n) is 12.5. The Bertz CT molecular complexity index is 963. The summed E-state index contributed by atoms with van der Waals surface area (Å²) in [4.78, 5) is 13.1. The lowest BCUT2D eigenvalue weighted by Crippen LogP contribution is -2.19. The number of rotatable bonds is 3. The van der Waals surface area contributed by atoms with Crippen LogP contribution in [0.15, 0.2) is 43.7 Å². The molecule has 0 saturated heterocycles. The quantitative estimate of drug-likeness (QED) is 0.472. The topological polar surface area (TPSA) is 70.7 Å². The van der Waals surface area contributed by atoms with Crippen molar-refractivity contribution in [1.29, 1.82) is 0 Å². The first-order chi connectivity index (χ1) is 11.3. The normalized spacial score (nSPS) is 12.5. The molecule has 0 bridgehead atoms. The molecule has 120 valence electrons. The molecule has 3 aromatic rings. The first kappa shape index (κ1) is 17.3. The number of para-hydroxylation sites is 1. The second-order valence-electron chi connectivity index (χ2n) is 5.32. The van der Waals surface area contributed by atoms with Crippen LogP contribution < -0.4 is 5.46 Å². The molecular formula is C17H11BBr2O4. The second kappa shape index (κ2) is 6.39. The maximum Gasteiger partial charge on any atom is 0.196 e. The van der Waals surface area contributed by atoms with Gasteiger partial charge in [0.2, 0.25) is 0 Å². The van der Waals surface area contributed by atoms with Crippen molar-refractivity contribution in [3.8, 4) is 5.75 Å². The number of furan rings is 1. The Hall–Kier alpha value is -1.57. The van der Waals surface area contributed by atoms with Gasteiger partial charge in [-0.05, 0) is 50.9 Å². The zero-order chi connectivity index (χ0) is 17.6. The van der Waals surface area contributed by atoms with E-state index in [0.717, 1.165) is 0 Å². The fourth-order valence-electron chi connectivity index (χ4n) is 2.54. The monoisotopic (exact) mass is 448 g/mol. The molecule has 1 atom stereocenters. The number of hydrogen-bond donors (Lipinski definition) is 2. The molecule has 1 heterocycles. The third-order valence-corrected chi connectivity index (χ3v) is 5.11. The summed E-state index contributed by atoms with van der Waals surface area (Å²) in [5.74, 6) is -0.299. The summed E-state index contributed by atoms with van der Waals surface area (Å²) in [5, 5.41) is 20.5. The molecule has 0 aliphatic carbocycles. The Morgan fingerprint density at radius 2 is 1.96 bits per heavy atom. The van der Waals surface area contributed by atoms with Crippen molar-refractivity contribution in [3.05, 3.63) is 56.2 Å². The molecule has 0 saturated carbocycles. The van der Waals surface area contributed by atoms with Crippen LogP contribution in [-0.2, 0) is 0 Å². The van der Waals surface area contributed by atoms with Crippen molar-refractivity contribution in [2.75, 3.05) is 0 Å². The fraction of sp³-hybridized carbons (Fsp3) is 0.118. The van der Waals surface area contributed by atoms with Crippen molar-refractivity contribution >= 4 is 61.9 Å². The molecule has 4 nitrogen and oxygen atoms in total. The van der Waals surface area contributed by atoms with Crippen LogP contribution in [0.25, 0.3) is 11.0 Å². The molecule has 0 aliphatic rings. The van der Waals surface area contributed by atoms with Gasteiger partial charge in [-0.1, -0.05) is 23.7 Å². The number of aliphatic hydroxyl groups is 1. The highest BCUT2D eigenvalue weighted by Gasteiger charge is 2.26. The highest BCUT2D eigenvalue weighted by atomic mass is 79.9. The van der Waals surface area contributed by atoms with Crippen molar-refractivity contribution in [2.45, 2.75) is 13.0 Å². The molecule has 24 heavy (non-hydrogen) atoms. The summed E-state index contributed by atoms with van der Waals surface area (Å²) < 4.78 is 6.20. The smallest absolute Gasteiger partial charge is 0.196 e. The van der Waals surface area contributed by atoms with Crippen LogP contribution in [0, 0.1) is 0 Å². The molecule has 0 spiro atoms. The summed E-state index contributed by atoms with van der Waals surface area (Å²) in [5.41, 5.74) is 1.08. The average molecular weight is 450 g/mol. The van der Waals surface area contributed by atoms with Gasteiger partial charge in [-0.15, -0.1) is 0 Å². The Morgan fingerprint density at radius 1 is 1.29 bits per heavy atom. The van der Waals surface area contributed by atoms with Crippen molar-refractivity contribution in [2.24, 2.45) is 0 Å². The van der Waals surface area contributed by atoms with Gasteiger partial charge in [0, 0.05) is 10.9 Å². The zero-order valence-corrected chi connectivity index (χ0v) is 15.7. The van der Waals surface area contributed by atoms with Crippen molar-refractivity contribution in [3.63, 3.8) is 0 Å². The number of phenols is 1. The lowest BCUT2D eigenvalue weighted by Gasteiger charge is -2.12. The van der Waals surface area contributed by atoms with Gasteiger partial charge in [-0.2, -0.15) is 0 Å². The van der Waals surface area contributed by atoms with E-state index in [4.69, 9.17) is 12.3 Å². The number of fused-ring (bicyclic) bond motifs is 1. The highest BCUT2D eigenvalue weighted by Crippen LogP contribution is 2.35. The van der Waals surface area contributed by atoms with Crippen LogP contribution in [0.5, 0.6) is 5.75 Å². The van der Waals surface area contributed by atoms with E-state index in [1.54, 1.807) is 24.3 Å². The van der Waals surface area contributed by atoms with Crippen LogP contribution in [0.1, 0.15) is 34.7 Å². The van der Waals surface area contributed by atoms with Crippen LogP contribution in [0.3, 0.4) is 0 Å². The van der Waals surface area contributed by atoms with E-state index >= 15 is 0 Å². The van der Waals surface area contributed by atoms with Gasteiger partial charge in [-0.25, -0.2) is 0 Å². The molecule has 0 aliphatic heterocycles. The van der Waals surface area contributed by atoms with Crippen molar-refractivity contribution < 1.29 is 19.4 Å². The van der Waals surface area contributed by atoms with E-state index in [1.165, 1.54) is 13.0 Å². The maximum absolute atomic E-state index is 13.1. The summed E-state index contributed by atoms with van der Waals surface area (Å²) in [7, 11) is 5.99. The minimum atomic E-state index is -0.957. The molecular weight excluding hydrogens is 439 g/mol. The summed E-state index contributed by atoms with van der Waals surface area (Å²) in [6, 6.07) is 8.49. The third-order valence-electron chi connectivity index (χ3n) is 3.71. The van der Waals surface area contributed by atoms with E-state index in [-0.39, 0.29) is 32.6 Å². The van der Waals surface area contributed by atoms with E-state index in [2.05, 4.69) is 31.9 Å². The summed E-state index contributed by atoms with van der Waals surface area (Å²) >= 11 is 6.38. The Morgan fingerprint density at radius 3 is 2.62 bits per heavy atom. The Kier molecular flexibility index (Phi) is 4.59. The maximum atomic E-state index is 13.1. The van der Waals surface area contributed by atoms with Gasteiger partial charge in [0.15, 0.2) is 5.78 Å². The molecule has 3 rings (SSSR count). The number of carbonyl (C=O) groups excluding carboxylic acids is 1. The standard InChI is InChI=1S/C17H11BBr2O4/c1-7(21)17-12(8-4-2-3-5-11(8)24-17)15(22)9-6-10(19)16(23)14(20)13(9)18/h2-7,21,23H,1H3. The Labute approximate surface area is 156 Å². The number of aliphatic hydroxyl groups excluding tert-OH is 1. The molecule has 2 aromatic carbocycles. The average Bonchev–Trinajstić information content (AvgIpc) is 2.95. The predicted molar refractivity (Wildman–Crippen MR) is 99.2 cm³/mol. The minimum absolute atomic E-state index is 0.0862. The largest absolute Gasteiger partial charge is 0.506 e. The van der Waals surface area contributed by atoms with Crippen LogP contribution in [0.4, 0.5) is 0 Å². The van der Waals surface area contributed by atoms with Gasteiger partial charge in [0.05, 0.1) is 14.5 Å².